The molecular formula is C12H12N2O. The number of Topliss-reactive ketones (excluding diaryl/α,β-unsaturated/α-hetero) is 1. The molecule has 0 unspecified atom stereocenters. The third-order valence-electron chi connectivity index (χ3n) is 2.37. The van der Waals surface area contributed by atoms with E-state index in [0.29, 0.717) is 5.69 Å². The van der Waals surface area contributed by atoms with Crippen molar-refractivity contribution in [2.75, 3.05) is 0 Å². The number of rotatable bonds is 2. The number of carbonyl (C=O) groups excluding carboxylic acids is 1. The zero-order valence-corrected chi connectivity index (χ0v) is 8.77. The van der Waals surface area contributed by atoms with Crippen LogP contribution in [0.5, 0.6) is 0 Å². The van der Waals surface area contributed by atoms with Crippen LogP contribution in [0, 0.1) is 6.92 Å². The van der Waals surface area contributed by atoms with E-state index in [1.807, 2.05) is 41.8 Å². The zero-order chi connectivity index (χ0) is 10.8. The zero-order valence-electron chi connectivity index (χ0n) is 8.77. The lowest BCUT2D eigenvalue weighted by Crippen LogP contribution is -1.99. The average molecular weight is 200 g/mol. The molecule has 1 aromatic heterocycles. The van der Waals surface area contributed by atoms with E-state index in [2.05, 4.69) is 4.98 Å². The maximum Gasteiger partial charge on any atom is 0.179 e. The Morgan fingerprint density at radius 1 is 1.27 bits per heavy atom. The van der Waals surface area contributed by atoms with Gasteiger partial charge in [0.1, 0.15) is 12.0 Å². The summed E-state index contributed by atoms with van der Waals surface area (Å²) >= 11 is 0. The van der Waals surface area contributed by atoms with Crippen LogP contribution < -0.4 is 0 Å². The molecule has 15 heavy (non-hydrogen) atoms. The van der Waals surface area contributed by atoms with Gasteiger partial charge < -0.3 is 4.57 Å². The summed E-state index contributed by atoms with van der Waals surface area (Å²) in [6, 6.07) is 9.85. The average Bonchev–Trinajstić information content (AvgIpc) is 2.61. The third kappa shape index (κ3) is 1.68. The molecule has 1 heterocycles. The third-order valence-corrected chi connectivity index (χ3v) is 2.37. The summed E-state index contributed by atoms with van der Waals surface area (Å²) in [5, 5.41) is 0. The minimum absolute atomic E-state index is 0.00202. The Morgan fingerprint density at radius 2 is 1.93 bits per heavy atom. The molecule has 0 spiro atoms. The van der Waals surface area contributed by atoms with E-state index in [1.54, 1.807) is 6.33 Å². The molecular weight excluding hydrogens is 188 g/mol. The van der Waals surface area contributed by atoms with Crippen LogP contribution in [0.25, 0.3) is 5.69 Å². The number of hydrogen-bond donors (Lipinski definition) is 0. The van der Waals surface area contributed by atoms with Crippen LogP contribution in [-0.2, 0) is 0 Å². The van der Waals surface area contributed by atoms with E-state index in [9.17, 15) is 4.79 Å². The Kier molecular flexibility index (Phi) is 2.37. The molecule has 0 aliphatic heterocycles. The van der Waals surface area contributed by atoms with Crippen molar-refractivity contribution in [1.29, 1.82) is 0 Å². The number of benzene rings is 1. The second-order valence-corrected chi connectivity index (χ2v) is 3.44. The Morgan fingerprint density at radius 3 is 2.47 bits per heavy atom. The van der Waals surface area contributed by atoms with Gasteiger partial charge in [-0.25, -0.2) is 4.98 Å². The van der Waals surface area contributed by atoms with Crippen molar-refractivity contribution < 1.29 is 4.79 Å². The largest absolute Gasteiger partial charge is 0.303 e. The topological polar surface area (TPSA) is 34.9 Å². The van der Waals surface area contributed by atoms with Gasteiger partial charge in [0.05, 0.1) is 5.69 Å². The van der Waals surface area contributed by atoms with Crippen molar-refractivity contribution in [3.8, 4) is 5.69 Å². The summed E-state index contributed by atoms with van der Waals surface area (Å²) in [5.74, 6) is 0.00202. The first-order valence-electron chi connectivity index (χ1n) is 4.80. The standard InChI is InChI=1S/C12H12N2O/c1-9-12(10(2)15)13-8-14(9)11-6-4-3-5-7-11/h3-8H,1-2H3. The van der Waals surface area contributed by atoms with Gasteiger partial charge in [-0.1, -0.05) is 18.2 Å². The van der Waals surface area contributed by atoms with Crippen LogP contribution in [0.15, 0.2) is 36.7 Å². The molecule has 0 N–H and O–H groups in total. The molecule has 0 radical (unpaired) electrons. The van der Waals surface area contributed by atoms with E-state index in [0.717, 1.165) is 11.4 Å². The smallest absolute Gasteiger partial charge is 0.179 e. The van der Waals surface area contributed by atoms with Gasteiger partial charge in [0.25, 0.3) is 0 Å². The SMILES string of the molecule is CC(=O)c1ncn(-c2ccccc2)c1C. The maximum absolute atomic E-state index is 11.2. The number of ketones is 1. The summed E-state index contributed by atoms with van der Waals surface area (Å²) < 4.78 is 1.91. The first kappa shape index (κ1) is 9.65. The summed E-state index contributed by atoms with van der Waals surface area (Å²) in [4.78, 5) is 15.3. The number of carbonyl (C=O) groups is 1. The maximum atomic E-state index is 11.2. The van der Waals surface area contributed by atoms with E-state index >= 15 is 0 Å². The van der Waals surface area contributed by atoms with Gasteiger partial charge in [0.15, 0.2) is 5.78 Å². The lowest BCUT2D eigenvalue weighted by Gasteiger charge is -2.04. The second-order valence-electron chi connectivity index (χ2n) is 3.44. The van der Waals surface area contributed by atoms with Crippen molar-refractivity contribution in [3.05, 3.63) is 48.0 Å². The lowest BCUT2D eigenvalue weighted by molar-refractivity contribution is 0.101. The predicted molar refractivity (Wildman–Crippen MR) is 58.3 cm³/mol. The van der Waals surface area contributed by atoms with Gasteiger partial charge in [-0.05, 0) is 19.1 Å². The quantitative estimate of drug-likeness (QED) is 0.697. The van der Waals surface area contributed by atoms with Crippen LogP contribution in [0.4, 0.5) is 0 Å². The van der Waals surface area contributed by atoms with Crippen LogP contribution in [0.1, 0.15) is 23.1 Å². The number of aromatic nitrogens is 2. The summed E-state index contributed by atoms with van der Waals surface area (Å²) in [6.45, 7) is 3.43. The number of nitrogens with zero attached hydrogens (tertiary/aromatic N) is 2. The van der Waals surface area contributed by atoms with Gasteiger partial charge in [0, 0.05) is 12.6 Å². The molecule has 2 rings (SSSR count). The Balaban J connectivity index is 2.52. The van der Waals surface area contributed by atoms with Crippen molar-refractivity contribution in [2.45, 2.75) is 13.8 Å². The summed E-state index contributed by atoms with van der Waals surface area (Å²) in [7, 11) is 0. The molecule has 0 saturated carbocycles. The van der Waals surface area contributed by atoms with Crippen molar-refractivity contribution in [2.24, 2.45) is 0 Å². The van der Waals surface area contributed by atoms with Crippen molar-refractivity contribution in [3.63, 3.8) is 0 Å². The second kappa shape index (κ2) is 3.69. The van der Waals surface area contributed by atoms with Crippen molar-refractivity contribution >= 4 is 5.78 Å². The Hall–Kier alpha value is -1.90. The highest BCUT2D eigenvalue weighted by Gasteiger charge is 2.10. The first-order chi connectivity index (χ1) is 7.20. The van der Waals surface area contributed by atoms with Crippen LogP contribution in [0.3, 0.4) is 0 Å². The number of imidazole rings is 1. The van der Waals surface area contributed by atoms with E-state index in [1.165, 1.54) is 6.92 Å². The fourth-order valence-electron chi connectivity index (χ4n) is 1.60. The molecule has 2 aromatic rings. The molecule has 0 aliphatic carbocycles. The monoisotopic (exact) mass is 200 g/mol. The van der Waals surface area contributed by atoms with Gasteiger partial charge in [-0.3, -0.25) is 4.79 Å². The molecule has 0 aliphatic rings. The van der Waals surface area contributed by atoms with E-state index in [-0.39, 0.29) is 5.78 Å². The predicted octanol–water partition coefficient (Wildman–Crippen LogP) is 2.38. The van der Waals surface area contributed by atoms with E-state index in [4.69, 9.17) is 0 Å². The molecule has 3 nitrogen and oxygen atoms in total. The molecule has 76 valence electrons. The molecule has 1 aromatic carbocycles. The van der Waals surface area contributed by atoms with Gasteiger partial charge in [-0.2, -0.15) is 0 Å². The highest BCUT2D eigenvalue weighted by molar-refractivity contribution is 5.93. The van der Waals surface area contributed by atoms with Gasteiger partial charge in [0.2, 0.25) is 0 Å². The molecule has 3 heteroatoms. The highest BCUT2D eigenvalue weighted by atomic mass is 16.1. The van der Waals surface area contributed by atoms with Crippen LogP contribution in [0.2, 0.25) is 0 Å². The molecule has 0 amide bonds. The first-order valence-corrected chi connectivity index (χ1v) is 4.80. The molecule has 0 fully saturated rings. The summed E-state index contributed by atoms with van der Waals surface area (Å²) in [5.41, 5.74) is 2.45. The molecule has 0 saturated heterocycles. The normalized spacial score (nSPS) is 10.3. The van der Waals surface area contributed by atoms with E-state index < -0.39 is 0 Å². The van der Waals surface area contributed by atoms with Crippen LogP contribution >= 0.6 is 0 Å². The lowest BCUT2D eigenvalue weighted by atomic mass is 10.2. The van der Waals surface area contributed by atoms with Crippen molar-refractivity contribution in [1.82, 2.24) is 9.55 Å². The Labute approximate surface area is 88.4 Å². The number of hydrogen-bond acceptors (Lipinski definition) is 2. The van der Waals surface area contributed by atoms with Gasteiger partial charge >= 0.3 is 0 Å². The Bertz CT molecular complexity index is 486. The number of para-hydroxylation sites is 1. The molecule has 0 bridgehead atoms. The van der Waals surface area contributed by atoms with Gasteiger partial charge in [-0.15, -0.1) is 0 Å². The fraction of sp³-hybridized carbons (Fsp3) is 0.167. The highest BCUT2D eigenvalue weighted by Crippen LogP contribution is 2.13. The summed E-state index contributed by atoms with van der Waals surface area (Å²) in [6.07, 6.45) is 1.68. The minimum Gasteiger partial charge on any atom is -0.303 e. The minimum atomic E-state index is 0.00202. The molecule has 0 atom stereocenters. The fourth-order valence-corrected chi connectivity index (χ4v) is 1.60. The van der Waals surface area contributed by atoms with Crippen LogP contribution in [-0.4, -0.2) is 15.3 Å².